The number of carbonyl (C=O) groups excluding carboxylic acids is 2. The molecule has 0 atom stereocenters. The van der Waals surface area contributed by atoms with Crippen LogP contribution < -0.4 is 9.64 Å². The SMILES string of the molecule is COc1ccc(C)cc1CC(=O)OCC(=O)N1c2ccccc2Sc2ccccc21. The van der Waals surface area contributed by atoms with Crippen molar-refractivity contribution in [3.05, 3.63) is 77.9 Å². The highest BCUT2D eigenvalue weighted by molar-refractivity contribution is 7.99. The lowest BCUT2D eigenvalue weighted by atomic mass is 10.1. The van der Waals surface area contributed by atoms with E-state index in [4.69, 9.17) is 9.47 Å². The first kappa shape index (κ1) is 20.0. The van der Waals surface area contributed by atoms with Crippen LogP contribution in [0.25, 0.3) is 0 Å². The fourth-order valence-electron chi connectivity index (χ4n) is 3.43. The molecular formula is C24H21NO4S. The van der Waals surface area contributed by atoms with Gasteiger partial charge in [-0.2, -0.15) is 0 Å². The summed E-state index contributed by atoms with van der Waals surface area (Å²) in [6.07, 6.45) is 0.0428. The van der Waals surface area contributed by atoms with Crippen molar-refractivity contribution >= 4 is 35.0 Å². The molecule has 0 fully saturated rings. The van der Waals surface area contributed by atoms with E-state index in [2.05, 4.69) is 0 Å². The molecule has 1 aliphatic heterocycles. The molecule has 0 saturated carbocycles. The number of fused-ring (bicyclic) bond motifs is 2. The number of aryl methyl sites for hydroxylation is 1. The molecule has 0 radical (unpaired) electrons. The Morgan fingerprint density at radius 2 is 1.57 bits per heavy atom. The fraction of sp³-hybridized carbons (Fsp3) is 0.167. The van der Waals surface area contributed by atoms with Gasteiger partial charge in [0.25, 0.3) is 5.91 Å². The van der Waals surface area contributed by atoms with Crippen molar-refractivity contribution in [2.45, 2.75) is 23.1 Å². The standard InChI is InChI=1S/C24H21NO4S/c1-16-11-12-20(28-2)17(13-16)14-24(27)29-15-23(26)25-18-7-3-5-9-21(18)30-22-10-6-4-8-19(22)25/h3-13H,14-15H2,1-2H3. The van der Waals surface area contributed by atoms with Gasteiger partial charge in [0.05, 0.1) is 24.9 Å². The summed E-state index contributed by atoms with van der Waals surface area (Å²) in [7, 11) is 1.56. The topological polar surface area (TPSA) is 55.8 Å². The molecule has 1 heterocycles. The van der Waals surface area contributed by atoms with Crippen LogP contribution in [0, 0.1) is 6.92 Å². The van der Waals surface area contributed by atoms with Gasteiger partial charge in [0.2, 0.25) is 0 Å². The second-order valence-corrected chi connectivity index (χ2v) is 8.00. The lowest BCUT2D eigenvalue weighted by Gasteiger charge is -2.30. The van der Waals surface area contributed by atoms with Crippen molar-refractivity contribution in [2.24, 2.45) is 0 Å². The molecule has 152 valence electrons. The smallest absolute Gasteiger partial charge is 0.310 e. The summed E-state index contributed by atoms with van der Waals surface area (Å²) in [4.78, 5) is 29.1. The molecule has 0 spiro atoms. The van der Waals surface area contributed by atoms with E-state index in [-0.39, 0.29) is 18.9 Å². The van der Waals surface area contributed by atoms with Gasteiger partial charge in [-0.25, -0.2) is 0 Å². The lowest BCUT2D eigenvalue weighted by molar-refractivity contribution is -0.147. The van der Waals surface area contributed by atoms with Crippen molar-refractivity contribution in [1.82, 2.24) is 0 Å². The minimum atomic E-state index is -0.472. The second kappa shape index (κ2) is 8.63. The molecule has 3 aromatic rings. The maximum atomic E-state index is 13.1. The van der Waals surface area contributed by atoms with Gasteiger partial charge in [-0.1, -0.05) is 53.7 Å². The number of rotatable bonds is 5. The summed E-state index contributed by atoms with van der Waals surface area (Å²) in [6.45, 7) is 1.61. The Morgan fingerprint density at radius 3 is 2.20 bits per heavy atom. The zero-order valence-corrected chi connectivity index (χ0v) is 17.6. The van der Waals surface area contributed by atoms with E-state index in [9.17, 15) is 9.59 Å². The Kier molecular flexibility index (Phi) is 5.77. The highest BCUT2D eigenvalue weighted by Gasteiger charge is 2.28. The van der Waals surface area contributed by atoms with Crippen LogP contribution >= 0.6 is 11.8 Å². The Balaban J connectivity index is 1.50. The predicted molar refractivity (Wildman–Crippen MR) is 117 cm³/mol. The Labute approximate surface area is 179 Å². The number of anilines is 2. The molecule has 4 rings (SSSR count). The molecule has 0 saturated heterocycles. The summed E-state index contributed by atoms with van der Waals surface area (Å²) in [5, 5.41) is 0. The summed E-state index contributed by atoms with van der Waals surface area (Å²) < 4.78 is 10.7. The average molecular weight is 420 g/mol. The van der Waals surface area contributed by atoms with E-state index in [1.54, 1.807) is 23.8 Å². The molecule has 3 aromatic carbocycles. The van der Waals surface area contributed by atoms with E-state index >= 15 is 0 Å². The first-order valence-electron chi connectivity index (χ1n) is 9.55. The van der Waals surface area contributed by atoms with E-state index in [1.807, 2.05) is 73.7 Å². The van der Waals surface area contributed by atoms with Crippen LogP contribution in [0.5, 0.6) is 5.75 Å². The van der Waals surface area contributed by atoms with Gasteiger partial charge < -0.3 is 9.47 Å². The van der Waals surface area contributed by atoms with Crippen LogP contribution in [0.3, 0.4) is 0 Å². The molecule has 0 bridgehead atoms. The first-order valence-corrected chi connectivity index (χ1v) is 10.4. The van der Waals surface area contributed by atoms with Gasteiger partial charge in [-0.3, -0.25) is 14.5 Å². The van der Waals surface area contributed by atoms with Crippen LogP contribution in [0.4, 0.5) is 11.4 Å². The number of amides is 1. The van der Waals surface area contributed by atoms with Gasteiger partial charge in [0, 0.05) is 15.4 Å². The molecule has 30 heavy (non-hydrogen) atoms. The third kappa shape index (κ3) is 4.04. The molecule has 0 unspecified atom stereocenters. The predicted octanol–water partition coefficient (Wildman–Crippen LogP) is 4.92. The Bertz CT molecular complexity index is 1070. The maximum absolute atomic E-state index is 13.1. The number of esters is 1. The number of hydrogen-bond donors (Lipinski definition) is 0. The zero-order chi connectivity index (χ0) is 21.1. The van der Waals surface area contributed by atoms with E-state index in [0.29, 0.717) is 5.75 Å². The number of hydrogen-bond acceptors (Lipinski definition) is 5. The van der Waals surface area contributed by atoms with Crippen molar-refractivity contribution in [1.29, 1.82) is 0 Å². The van der Waals surface area contributed by atoms with Gasteiger partial charge in [-0.05, 0) is 37.3 Å². The van der Waals surface area contributed by atoms with E-state index in [1.165, 1.54) is 0 Å². The highest BCUT2D eigenvalue weighted by Crippen LogP contribution is 2.47. The van der Waals surface area contributed by atoms with Gasteiger partial charge >= 0.3 is 5.97 Å². The third-order valence-corrected chi connectivity index (χ3v) is 5.94. The zero-order valence-electron chi connectivity index (χ0n) is 16.8. The van der Waals surface area contributed by atoms with Crippen LogP contribution in [0.15, 0.2) is 76.5 Å². The lowest BCUT2D eigenvalue weighted by Crippen LogP contribution is -2.32. The third-order valence-electron chi connectivity index (χ3n) is 4.81. The van der Waals surface area contributed by atoms with Gasteiger partial charge in [0.15, 0.2) is 6.61 Å². The van der Waals surface area contributed by atoms with Crippen molar-refractivity contribution < 1.29 is 19.1 Å². The summed E-state index contributed by atoms with van der Waals surface area (Å²) in [6, 6.07) is 21.0. The van der Waals surface area contributed by atoms with Crippen molar-refractivity contribution in [3.63, 3.8) is 0 Å². The van der Waals surface area contributed by atoms with Crippen LogP contribution in [0.1, 0.15) is 11.1 Å². The Hall–Kier alpha value is -3.25. The number of carbonyl (C=O) groups is 2. The first-order chi connectivity index (χ1) is 14.6. The van der Waals surface area contributed by atoms with E-state index < -0.39 is 5.97 Å². The fourth-order valence-corrected chi connectivity index (χ4v) is 4.49. The molecule has 6 heteroatoms. The van der Waals surface area contributed by atoms with Crippen LogP contribution in [-0.2, 0) is 20.7 Å². The second-order valence-electron chi connectivity index (χ2n) is 6.92. The maximum Gasteiger partial charge on any atom is 0.310 e. The summed E-state index contributed by atoms with van der Waals surface area (Å²) >= 11 is 1.62. The molecule has 1 aliphatic rings. The summed E-state index contributed by atoms with van der Waals surface area (Å²) in [5.41, 5.74) is 3.35. The largest absolute Gasteiger partial charge is 0.496 e. The number of methoxy groups -OCH3 is 1. The number of benzene rings is 3. The van der Waals surface area contributed by atoms with E-state index in [0.717, 1.165) is 32.3 Å². The normalized spacial score (nSPS) is 12.0. The minimum Gasteiger partial charge on any atom is -0.496 e. The van der Waals surface area contributed by atoms with Gasteiger partial charge in [0.1, 0.15) is 5.75 Å². The molecule has 0 N–H and O–H groups in total. The quantitative estimate of drug-likeness (QED) is 0.550. The van der Waals surface area contributed by atoms with Crippen molar-refractivity contribution in [3.8, 4) is 5.75 Å². The molecule has 0 aromatic heterocycles. The minimum absolute atomic E-state index is 0.0428. The van der Waals surface area contributed by atoms with Crippen LogP contribution in [-0.4, -0.2) is 25.6 Å². The Morgan fingerprint density at radius 1 is 0.933 bits per heavy atom. The monoisotopic (exact) mass is 419 g/mol. The highest BCUT2D eigenvalue weighted by atomic mass is 32.2. The molecule has 5 nitrogen and oxygen atoms in total. The molecular weight excluding hydrogens is 398 g/mol. The average Bonchev–Trinajstić information content (AvgIpc) is 2.76. The molecule has 0 aliphatic carbocycles. The number of nitrogens with zero attached hydrogens (tertiary/aromatic N) is 1. The molecule has 1 amide bonds. The summed E-state index contributed by atoms with van der Waals surface area (Å²) in [5.74, 6) is -0.139. The van der Waals surface area contributed by atoms with Gasteiger partial charge in [-0.15, -0.1) is 0 Å². The number of para-hydroxylation sites is 2. The van der Waals surface area contributed by atoms with Crippen LogP contribution in [0.2, 0.25) is 0 Å². The number of ether oxygens (including phenoxy) is 2. The van der Waals surface area contributed by atoms with Crippen molar-refractivity contribution in [2.75, 3.05) is 18.6 Å².